The number of anilines is 1. The molecule has 21 heavy (non-hydrogen) atoms. The molecule has 3 rings (SSSR count). The minimum atomic E-state index is -0.262. The van der Waals surface area contributed by atoms with Gasteiger partial charge in [-0.05, 0) is 31.4 Å². The van der Waals surface area contributed by atoms with Gasteiger partial charge in [0.25, 0.3) is 0 Å². The van der Waals surface area contributed by atoms with E-state index in [2.05, 4.69) is 34.0 Å². The number of benzene rings is 1. The van der Waals surface area contributed by atoms with Crippen molar-refractivity contribution in [1.29, 1.82) is 0 Å². The van der Waals surface area contributed by atoms with E-state index < -0.39 is 0 Å². The van der Waals surface area contributed by atoms with Crippen LogP contribution >= 0.6 is 11.3 Å². The van der Waals surface area contributed by atoms with Crippen LogP contribution in [-0.2, 0) is 6.54 Å². The molecule has 2 aromatic heterocycles. The number of thiophene rings is 1. The molecule has 0 unspecified atom stereocenters. The first-order valence-electron chi connectivity index (χ1n) is 6.58. The Balaban J connectivity index is 1.63. The van der Waals surface area contributed by atoms with E-state index in [9.17, 15) is 4.79 Å². The van der Waals surface area contributed by atoms with Crippen LogP contribution in [0.15, 0.2) is 34.9 Å². The van der Waals surface area contributed by atoms with Crippen molar-refractivity contribution in [3.8, 4) is 0 Å². The molecule has 0 spiro atoms. The third kappa shape index (κ3) is 2.90. The lowest BCUT2D eigenvalue weighted by Gasteiger charge is -2.05. The maximum absolute atomic E-state index is 11.9. The molecule has 0 radical (unpaired) electrons. The first-order valence-corrected chi connectivity index (χ1v) is 7.40. The van der Waals surface area contributed by atoms with Gasteiger partial charge in [0.15, 0.2) is 5.76 Å². The second kappa shape index (κ2) is 5.57. The Morgan fingerprint density at radius 2 is 2.14 bits per heavy atom. The van der Waals surface area contributed by atoms with E-state index in [1.165, 1.54) is 10.1 Å². The summed E-state index contributed by atoms with van der Waals surface area (Å²) in [6.07, 6.45) is 0. The number of urea groups is 1. The summed E-state index contributed by atoms with van der Waals surface area (Å²) in [5.74, 6) is 0.601. The molecule has 2 amide bonds. The molecule has 108 valence electrons. The molecule has 0 fully saturated rings. The third-order valence-corrected chi connectivity index (χ3v) is 4.29. The summed E-state index contributed by atoms with van der Waals surface area (Å²) >= 11 is 1.68. The number of nitrogens with zero attached hydrogens (tertiary/aromatic N) is 1. The summed E-state index contributed by atoms with van der Waals surface area (Å²) < 4.78 is 6.23. The molecular formula is C15H15N3O2S. The van der Waals surface area contributed by atoms with Gasteiger partial charge in [-0.25, -0.2) is 4.79 Å². The van der Waals surface area contributed by atoms with Crippen LogP contribution in [0.3, 0.4) is 0 Å². The molecule has 5 nitrogen and oxygen atoms in total. The first kappa shape index (κ1) is 13.6. The molecule has 0 saturated carbocycles. The molecular weight excluding hydrogens is 286 g/mol. The lowest BCUT2D eigenvalue weighted by atomic mass is 10.2. The van der Waals surface area contributed by atoms with Gasteiger partial charge in [-0.3, -0.25) is 0 Å². The zero-order valence-corrected chi connectivity index (χ0v) is 12.6. The Bertz CT molecular complexity index is 739. The lowest BCUT2D eigenvalue weighted by molar-refractivity contribution is 0.251. The number of hydrogen-bond donors (Lipinski definition) is 2. The minimum Gasteiger partial charge on any atom is -0.359 e. The molecule has 0 aliphatic rings. The van der Waals surface area contributed by atoms with Crippen molar-refractivity contribution >= 4 is 33.1 Å². The second-order valence-electron chi connectivity index (χ2n) is 4.76. The number of hydrogen-bond acceptors (Lipinski definition) is 4. The summed E-state index contributed by atoms with van der Waals surface area (Å²) in [4.78, 5) is 13.0. The average molecular weight is 301 g/mol. The lowest BCUT2D eigenvalue weighted by Crippen LogP contribution is -2.28. The van der Waals surface area contributed by atoms with Crippen molar-refractivity contribution in [3.63, 3.8) is 0 Å². The molecule has 3 aromatic rings. The number of rotatable bonds is 3. The zero-order chi connectivity index (χ0) is 14.8. The largest absolute Gasteiger partial charge is 0.359 e. The van der Waals surface area contributed by atoms with Crippen LogP contribution in [0.4, 0.5) is 10.5 Å². The van der Waals surface area contributed by atoms with Crippen molar-refractivity contribution in [3.05, 3.63) is 46.7 Å². The van der Waals surface area contributed by atoms with Crippen LogP contribution < -0.4 is 10.6 Å². The fourth-order valence-electron chi connectivity index (χ4n) is 2.11. The Hall–Kier alpha value is -2.34. The Morgan fingerprint density at radius 3 is 2.86 bits per heavy atom. The number of aromatic nitrogens is 1. The Labute approximate surface area is 125 Å². The number of aryl methyl sites for hydroxylation is 2. The molecule has 0 bridgehead atoms. The van der Waals surface area contributed by atoms with Crippen molar-refractivity contribution in [2.24, 2.45) is 0 Å². The number of amides is 2. The Morgan fingerprint density at radius 1 is 1.33 bits per heavy atom. The van der Waals surface area contributed by atoms with E-state index in [1.807, 2.05) is 12.1 Å². The van der Waals surface area contributed by atoms with Crippen LogP contribution in [-0.4, -0.2) is 11.2 Å². The predicted octanol–water partition coefficient (Wildman–Crippen LogP) is 3.83. The summed E-state index contributed by atoms with van der Waals surface area (Å²) in [7, 11) is 0. The van der Waals surface area contributed by atoms with Crippen LogP contribution in [0, 0.1) is 13.8 Å². The van der Waals surface area contributed by atoms with Gasteiger partial charge in [-0.1, -0.05) is 23.4 Å². The smallest absolute Gasteiger partial charge is 0.319 e. The molecule has 0 aliphatic carbocycles. The maximum Gasteiger partial charge on any atom is 0.319 e. The van der Waals surface area contributed by atoms with E-state index in [-0.39, 0.29) is 6.03 Å². The van der Waals surface area contributed by atoms with Gasteiger partial charge in [0.05, 0.1) is 6.54 Å². The van der Waals surface area contributed by atoms with Gasteiger partial charge < -0.3 is 15.2 Å². The highest BCUT2D eigenvalue weighted by Crippen LogP contribution is 2.25. The Kier molecular flexibility index (Phi) is 3.62. The van der Waals surface area contributed by atoms with Crippen LogP contribution in [0.25, 0.3) is 10.1 Å². The van der Waals surface area contributed by atoms with Crippen LogP contribution in [0.2, 0.25) is 0 Å². The molecule has 1 aromatic carbocycles. The van der Waals surface area contributed by atoms with Crippen LogP contribution in [0.5, 0.6) is 0 Å². The number of carbonyl (C=O) groups excluding carboxylic acids is 1. The normalized spacial score (nSPS) is 10.8. The summed E-state index contributed by atoms with van der Waals surface area (Å²) in [6, 6.07) is 10.0. The molecule has 2 N–H and O–H groups in total. The van der Waals surface area contributed by atoms with Crippen molar-refractivity contribution in [2.75, 3.05) is 5.32 Å². The van der Waals surface area contributed by atoms with Crippen LogP contribution in [0.1, 0.15) is 16.3 Å². The maximum atomic E-state index is 11.9. The highest BCUT2D eigenvalue weighted by molar-refractivity contribution is 7.19. The minimum absolute atomic E-state index is 0.262. The monoisotopic (exact) mass is 301 g/mol. The van der Waals surface area contributed by atoms with Gasteiger partial charge in [0.2, 0.25) is 0 Å². The molecule has 0 saturated heterocycles. The first-order chi connectivity index (χ1) is 10.1. The summed E-state index contributed by atoms with van der Waals surface area (Å²) in [5.41, 5.74) is 1.30. The fraction of sp³-hybridized carbons (Fsp3) is 0.200. The van der Waals surface area contributed by atoms with Gasteiger partial charge >= 0.3 is 6.03 Å². The summed E-state index contributed by atoms with van der Waals surface area (Å²) in [5, 5.41) is 10.6. The fourth-order valence-corrected chi connectivity index (χ4v) is 3.11. The van der Waals surface area contributed by atoms with Crippen molar-refractivity contribution in [1.82, 2.24) is 10.5 Å². The van der Waals surface area contributed by atoms with E-state index in [0.717, 1.165) is 4.88 Å². The van der Waals surface area contributed by atoms with E-state index in [4.69, 9.17) is 4.52 Å². The van der Waals surface area contributed by atoms with E-state index in [0.29, 0.717) is 23.7 Å². The number of nitrogens with one attached hydrogen (secondary N) is 2. The molecule has 6 heteroatoms. The SMILES string of the molecule is Cc1noc(C)c1NC(=O)NCc1cc2ccccc2s1. The summed E-state index contributed by atoms with van der Waals surface area (Å²) in [6.45, 7) is 4.05. The number of carbonyl (C=O) groups is 1. The van der Waals surface area contributed by atoms with Gasteiger partial charge in [-0.15, -0.1) is 11.3 Å². The van der Waals surface area contributed by atoms with E-state index >= 15 is 0 Å². The topological polar surface area (TPSA) is 67.2 Å². The molecule has 2 heterocycles. The zero-order valence-electron chi connectivity index (χ0n) is 11.8. The predicted molar refractivity (Wildman–Crippen MR) is 83.7 cm³/mol. The standard InChI is InChI=1S/C15H15N3O2S/c1-9-14(10(2)20-18-9)17-15(19)16-8-12-7-11-5-3-4-6-13(11)21-12/h3-7H,8H2,1-2H3,(H2,16,17,19). The average Bonchev–Trinajstić information content (AvgIpc) is 3.03. The van der Waals surface area contributed by atoms with Crippen molar-refractivity contribution in [2.45, 2.75) is 20.4 Å². The molecule has 0 atom stereocenters. The van der Waals surface area contributed by atoms with Gasteiger partial charge in [-0.2, -0.15) is 0 Å². The third-order valence-electron chi connectivity index (χ3n) is 3.17. The van der Waals surface area contributed by atoms with E-state index in [1.54, 1.807) is 25.2 Å². The van der Waals surface area contributed by atoms with Gasteiger partial charge in [0, 0.05) is 9.58 Å². The molecule has 0 aliphatic heterocycles. The number of fused-ring (bicyclic) bond motifs is 1. The highest BCUT2D eigenvalue weighted by Gasteiger charge is 2.12. The van der Waals surface area contributed by atoms with Gasteiger partial charge in [0.1, 0.15) is 11.4 Å². The van der Waals surface area contributed by atoms with Crippen molar-refractivity contribution < 1.29 is 9.32 Å². The second-order valence-corrected chi connectivity index (χ2v) is 5.93. The quantitative estimate of drug-likeness (QED) is 0.772. The highest BCUT2D eigenvalue weighted by atomic mass is 32.1.